The highest BCUT2D eigenvalue weighted by Gasteiger charge is 2.20. The normalized spacial score (nSPS) is 11.4. The van der Waals surface area contributed by atoms with Gasteiger partial charge in [0.25, 0.3) is 7.12 Å². The van der Waals surface area contributed by atoms with E-state index in [0.29, 0.717) is 0 Å². The fourth-order valence-corrected chi connectivity index (χ4v) is 4.22. The molecule has 0 saturated heterocycles. The summed E-state index contributed by atoms with van der Waals surface area (Å²) in [6.07, 6.45) is 0. The lowest BCUT2D eigenvalue weighted by Gasteiger charge is -2.34. The van der Waals surface area contributed by atoms with Gasteiger partial charge in [-0.1, -0.05) is 60.7 Å². The zero-order valence-corrected chi connectivity index (χ0v) is 18.8. The summed E-state index contributed by atoms with van der Waals surface area (Å²) in [4.78, 5) is 0. The maximum Gasteiger partial charge on any atom is 0.262 e. The van der Waals surface area contributed by atoms with Crippen molar-refractivity contribution in [3.8, 4) is 22.5 Å². The maximum absolute atomic E-state index is 5.11. The number of hydrogen-bond donors (Lipinski definition) is 0. The molecule has 0 N–H and O–H groups in total. The quantitative estimate of drug-likeness (QED) is 0.385. The number of aryl methyl sites for hydroxylation is 4. The van der Waals surface area contributed by atoms with E-state index in [0.717, 1.165) is 45.3 Å². The van der Waals surface area contributed by atoms with Gasteiger partial charge in [-0.15, -0.1) is 0 Å². The Morgan fingerprint density at radius 3 is 1.53 bits per heavy atom. The highest BCUT2D eigenvalue weighted by molar-refractivity contribution is 6.53. The molecular formula is C25H25BN6-. The number of aromatic nitrogens is 6. The van der Waals surface area contributed by atoms with Gasteiger partial charge in [-0.05, 0) is 62.8 Å². The van der Waals surface area contributed by atoms with E-state index in [1.165, 1.54) is 0 Å². The summed E-state index contributed by atoms with van der Waals surface area (Å²) in [5, 5.41) is 14.8. The summed E-state index contributed by atoms with van der Waals surface area (Å²) in [5.74, 6) is 0. The van der Waals surface area contributed by atoms with Crippen LogP contribution in [0.2, 0.25) is 0 Å². The summed E-state index contributed by atoms with van der Waals surface area (Å²) in [6, 6.07) is 26.9. The minimum atomic E-state index is -0.370. The fourth-order valence-electron chi connectivity index (χ4n) is 4.22. The van der Waals surface area contributed by atoms with Gasteiger partial charge in [0.1, 0.15) is 0 Å². The Morgan fingerprint density at radius 2 is 1.06 bits per heavy atom. The van der Waals surface area contributed by atoms with Crippen LogP contribution in [0.25, 0.3) is 22.5 Å². The number of benzene rings is 2. The van der Waals surface area contributed by atoms with Crippen LogP contribution in [0, 0.1) is 27.7 Å². The molecule has 5 aromatic rings. The number of rotatable bonds is 5. The van der Waals surface area contributed by atoms with Crippen LogP contribution in [0.3, 0.4) is 0 Å². The summed E-state index contributed by atoms with van der Waals surface area (Å²) in [7, 11) is -0.370. The van der Waals surface area contributed by atoms with Crippen molar-refractivity contribution in [2.24, 2.45) is 0 Å². The maximum atomic E-state index is 5.11. The fraction of sp³-hybridized carbons (Fsp3) is 0.160. The van der Waals surface area contributed by atoms with Crippen molar-refractivity contribution in [1.82, 2.24) is 29.1 Å². The summed E-state index contributed by atoms with van der Waals surface area (Å²) < 4.78 is 6.04. The van der Waals surface area contributed by atoms with E-state index in [1.807, 2.05) is 51.9 Å². The minimum absolute atomic E-state index is 0.370. The molecule has 1 radical (unpaired) electrons. The van der Waals surface area contributed by atoms with Gasteiger partial charge in [-0.3, -0.25) is 0 Å². The Morgan fingerprint density at radius 1 is 0.562 bits per heavy atom. The Bertz CT molecular complexity index is 1320. The third-order valence-corrected chi connectivity index (χ3v) is 5.62. The topological polar surface area (TPSA) is 53.5 Å². The first-order valence-corrected chi connectivity index (χ1v) is 10.8. The van der Waals surface area contributed by atoms with Crippen molar-refractivity contribution in [3.63, 3.8) is 0 Å². The van der Waals surface area contributed by atoms with E-state index < -0.39 is 0 Å². The third-order valence-electron chi connectivity index (χ3n) is 5.62. The number of hydrogen-bond acceptors (Lipinski definition) is 3. The Kier molecular flexibility index (Phi) is 5.01. The van der Waals surface area contributed by atoms with E-state index in [1.54, 1.807) is 0 Å². The second-order valence-corrected chi connectivity index (χ2v) is 8.18. The lowest BCUT2D eigenvalue weighted by atomic mass is 9.92. The van der Waals surface area contributed by atoms with Crippen molar-refractivity contribution in [1.29, 1.82) is 0 Å². The van der Waals surface area contributed by atoms with Gasteiger partial charge in [-0.2, -0.15) is 0 Å². The van der Waals surface area contributed by atoms with Crippen molar-refractivity contribution in [3.05, 3.63) is 102 Å². The van der Waals surface area contributed by atoms with Crippen LogP contribution >= 0.6 is 0 Å². The minimum Gasteiger partial charge on any atom is -0.422 e. The smallest absolute Gasteiger partial charge is 0.262 e. The van der Waals surface area contributed by atoms with E-state index >= 15 is 0 Å². The van der Waals surface area contributed by atoms with E-state index in [2.05, 4.69) is 68.4 Å². The monoisotopic (exact) mass is 420 g/mol. The first kappa shape index (κ1) is 20.1. The Balaban J connectivity index is 1.79. The highest BCUT2D eigenvalue weighted by atomic mass is 15.5. The molecule has 0 saturated carbocycles. The second kappa shape index (κ2) is 8.00. The standard InChI is InChI=1S/C25H25BN6/c1-18-15-20(3)30(27-18)26(31-21(4)16-19(2)28-31)32-25(23-13-9-6-10-14-23)17-24(29-32)22-11-7-5-8-12-22/h5-17H,1-4H3/q-1. The second-order valence-electron chi connectivity index (χ2n) is 8.18. The van der Waals surface area contributed by atoms with Gasteiger partial charge in [-0.25, -0.2) is 15.3 Å². The van der Waals surface area contributed by atoms with Gasteiger partial charge < -0.3 is 13.8 Å². The molecule has 0 amide bonds. The van der Waals surface area contributed by atoms with Gasteiger partial charge in [0.05, 0.1) is 17.1 Å². The molecule has 32 heavy (non-hydrogen) atoms. The predicted molar refractivity (Wildman–Crippen MR) is 128 cm³/mol. The zero-order chi connectivity index (χ0) is 22.2. The zero-order valence-electron chi connectivity index (χ0n) is 18.8. The Hall–Kier alpha value is -3.87. The van der Waals surface area contributed by atoms with Crippen molar-refractivity contribution in [2.75, 3.05) is 0 Å². The molecule has 0 aliphatic heterocycles. The lowest BCUT2D eigenvalue weighted by Crippen LogP contribution is -2.45. The molecule has 159 valence electrons. The van der Waals surface area contributed by atoms with Gasteiger partial charge in [0.2, 0.25) is 0 Å². The molecule has 2 aromatic carbocycles. The molecule has 3 heterocycles. The van der Waals surface area contributed by atoms with Crippen LogP contribution in [0.4, 0.5) is 0 Å². The average Bonchev–Trinajstić information content (AvgIpc) is 3.47. The molecule has 0 aliphatic carbocycles. The molecule has 0 unspecified atom stereocenters. The summed E-state index contributed by atoms with van der Waals surface area (Å²) >= 11 is 0. The molecular weight excluding hydrogens is 395 g/mol. The van der Waals surface area contributed by atoms with E-state index in [-0.39, 0.29) is 7.12 Å². The molecule has 0 atom stereocenters. The molecule has 7 heteroatoms. The third kappa shape index (κ3) is 3.56. The predicted octanol–water partition coefficient (Wildman–Crippen LogP) is 4.77. The van der Waals surface area contributed by atoms with Crippen LogP contribution in [-0.4, -0.2) is 36.2 Å². The molecule has 3 aromatic heterocycles. The molecule has 0 fully saturated rings. The van der Waals surface area contributed by atoms with Crippen LogP contribution in [0.15, 0.2) is 78.9 Å². The lowest BCUT2D eigenvalue weighted by molar-refractivity contribution is 0.745. The van der Waals surface area contributed by atoms with E-state index in [4.69, 9.17) is 15.3 Å². The molecule has 0 aliphatic rings. The van der Waals surface area contributed by atoms with Crippen LogP contribution in [0.5, 0.6) is 0 Å². The summed E-state index contributed by atoms with van der Waals surface area (Å²) in [5.41, 5.74) is 8.12. The van der Waals surface area contributed by atoms with Crippen molar-refractivity contribution in [2.45, 2.75) is 27.7 Å². The Labute approximate surface area is 188 Å². The largest absolute Gasteiger partial charge is 0.422 e. The highest BCUT2D eigenvalue weighted by Crippen LogP contribution is 2.27. The molecule has 0 bridgehead atoms. The SMILES string of the molecule is Cc1cc(C)n([B-](n2nc(C)cc2C)n2nc(-c3ccccc3)cc2-c2ccccc2)n1. The number of nitrogens with zero attached hydrogens (tertiary/aromatic N) is 6. The molecule has 6 nitrogen and oxygen atoms in total. The van der Waals surface area contributed by atoms with Gasteiger partial charge in [0.15, 0.2) is 0 Å². The van der Waals surface area contributed by atoms with Crippen LogP contribution < -0.4 is 0 Å². The average molecular weight is 420 g/mol. The van der Waals surface area contributed by atoms with Gasteiger partial charge >= 0.3 is 0 Å². The van der Waals surface area contributed by atoms with Crippen LogP contribution in [0.1, 0.15) is 22.8 Å². The first-order valence-electron chi connectivity index (χ1n) is 10.8. The van der Waals surface area contributed by atoms with Crippen molar-refractivity contribution >= 4 is 7.12 Å². The van der Waals surface area contributed by atoms with E-state index in [9.17, 15) is 0 Å². The molecule has 5 rings (SSSR count). The summed E-state index contributed by atoms with van der Waals surface area (Å²) in [6.45, 7) is 8.17. The first-order chi connectivity index (χ1) is 15.5. The molecule has 0 spiro atoms. The van der Waals surface area contributed by atoms with Gasteiger partial charge in [0, 0.05) is 11.3 Å². The van der Waals surface area contributed by atoms with Crippen molar-refractivity contribution < 1.29 is 0 Å². The van der Waals surface area contributed by atoms with Crippen LogP contribution in [-0.2, 0) is 0 Å².